The van der Waals surface area contributed by atoms with Crippen molar-refractivity contribution in [1.82, 2.24) is 0 Å². The molecule has 1 aromatic carbocycles. The molecule has 0 saturated carbocycles. The third kappa shape index (κ3) is 4.94. The Morgan fingerprint density at radius 3 is 2.09 bits per heavy atom. The van der Waals surface area contributed by atoms with Crippen molar-refractivity contribution in [3.8, 4) is 5.75 Å². The molecule has 5 unspecified atom stereocenters. The van der Waals surface area contributed by atoms with Crippen LogP contribution in [-0.4, -0.2) is 73.9 Å². The van der Waals surface area contributed by atoms with Gasteiger partial charge in [0.1, 0.15) is 30.2 Å². The van der Waals surface area contributed by atoms with Crippen molar-refractivity contribution in [3.05, 3.63) is 34.4 Å². The van der Waals surface area contributed by atoms with Crippen LogP contribution in [0.3, 0.4) is 0 Å². The minimum absolute atomic E-state index is 0.0103. The minimum atomic E-state index is -1.97. The molecular weight excluding hydrogens is 314 g/mol. The van der Waals surface area contributed by atoms with Gasteiger partial charge in [-0.1, -0.05) is 0 Å². The van der Waals surface area contributed by atoms with E-state index >= 15 is 0 Å². The highest BCUT2D eigenvalue weighted by Crippen LogP contribution is 2.20. The normalized spacial score (nSPS) is 17.6. The lowest BCUT2D eigenvalue weighted by atomic mass is 10.00. The van der Waals surface area contributed by atoms with E-state index in [2.05, 4.69) is 0 Å². The van der Waals surface area contributed by atoms with Crippen LogP contribution in [0.2, 0.25) is 0 Å². The van der Waals surface area contributed by atoms with Gasteiger partial charge in [-0.15, -0.1) is 0 Å². The first-order valence-electron chi connectivity index (χ1n) is 6.51. The van der Waals surface area contributed by atoms with Crippen molar-refractivity contribution in [2.24, 2.45) is 0 Å². The summed E-state index contributed by atoms with van der Waals surface area (Å²) in [6.07, 6.45) is -8.94. The Hall–Kier alpha value is -2.11. The van der Waals surface area contributed by atoms with Crippen molar-refractivity contribution in [2.45, 2.75) is 30.5 Å². The van der Waals surface area contributed by atoms with E-state index in [-0.39, 0.29) is 17.7 Å². The van der Waals surface area contributed by atoms with Crippen molar-refractivity contribution >= 4 is 12.0 Å². The van der Waals surface area contributed by atoms with Gasteiger partial charge < -0.3 is 30.3 Å². The first-order chi connectivity index (χ1) is 10.8. The lowest BCUT2D eigenvalue weighted by Gasteiger charge is -2.28. The molecule has 0 fully saturated rings. The summed E-state index contributed by atoms with van der Waals surface area (Å²) in [7, 11) is 0. The summed E-state index contributed by atoms with van der Waals surface area (Å²) >= 11 is 0. The molecule has 0 heterocycles. The lowest BCUT2D eigenvalue weighted by Crippen LogP contribution is -2.51. The maximum Gasteiger partial charge on any atom is 0.269 e. The first-order valence-corrected chi connectivity index (χ1v) is 6.51. The Kier molecular flexibility index (Phi) is 7.00. The van der Waals surface area contributed by atoms with Crippen LogP contribution in [0.4, 0.5) is 5.69 Å². The summed E-state index contributed by atoms with van der Waals surface area (Å²) in [4.78, 5) is 20.9. The van der Waals surface area contributed by atoms with Gasteiger partial charge in [0, 0.05) is 12.1 Å². The molecule has 0 spiro atoms. The average Bonchev–Trinajstić information content (AvgIpc) is 2.57. The quantitative estimate of drug-likeness (QED) is 0.194. The van der Waals surface area contributed by atoms with E-state index in [4.69, 9.17) is 9.84 Å². The van der Waals surface area contributed by atoms with E-state index in [0.29, 0.717) is 0 Å². The molecule has 10 heteroatoms. The number of rotatable bonds is 9. The number of non-ortho nitro benzene ring substituents is 1. The van der Waals surface area contributed by atoms with Crippen LogP contribution in [0, 0.1) is 10.1 Å². The number of ether oxygens (including phenoxy) is 1. The maximum atomic E-state index is 11.0. The molecule has 23 heavy (non-hydrogen) atoms. The van der Waals surface area contributed by atoms with Gasteiger partial charge >= 0.3 is 0 Å². The number of benzene rings is 1. The standard InChI is InChI=1S/C13H17NO9/c15-5-9(17)11(18)13(20)12(19)10(6-16)23-8-3-1-7(2-4-8)14(21)22/h1-4,6,9-13,15,17-20H,5H2. The van der Waals surface area contributed by atoms with Crippen LogP contribution in [0.25, 0.3) is 0 Å². The number of carbonyl (C=O) groups is 1. The van der Waals surface area contributed by atoms with Gasteiger partial charge in [-0.3, -0.25) is 14.9 Å². The van der Waals surface area contributed by atoms with E-state index in [1.54, 1.807) is 0 Å². The van der Waals surface area contributed by atoms with E-state index < -0.39 is 42.1 Å². The van der Waals surface area contributed by atoms with Crippen LogP contribution >= 0.6 is 0 Å². The monoisotopic (exact) mass is 331 g/mol. The third-order valence-electron chi connectivity index (χ3n) is 3.07. The molecule has 0 amide bonds. The zero-order chi connectivity index (χ0) is 17.6. The topological polar surface area (TPSA) is 171 Å². The Labute approximate surface area is 130 Å². The molecule has 1 aromatic rings. The summed E-state index contributed by atoms with van der Waals surface area (Å²) in [5.74, 6) is 0.0103. The molecule has 128 valence electrons. The van der Waals surface area contributed by atoms with Gasteiger partial charge in [0.2, 0.25) is 0 Å². The summed E-state index contributed by atoms with van der Waals surface area (Å²) in [5.41, 5.74) is -0.206. The largest absolute Gasteiger partial charge is 0.480 e. The Morgan fingerprint density at radius 1 is 1.09 bits per heavy atom. The summed E-state index contributed by atoms with van der Waals surface area (Å²) in [6.45, 7) is -0.861. The summed E-state index contributed by atoms with van der Waals surface area (Å²) in [5, 5.41) is 57.4. The van der Waals surface area contributed by atoms with Crippen molar-refractivity contribution < 1.29 is 40.0 Å². The van der Waals surface area contributed by atoms with Crippen molar-refractivity contribution in [3.63, 3.8) is 0 Å². The maximum absolute atomic E-state index is 11.0. The molecule has 0 bridgehead atoms. The second-order valence-corrected chi connectivity index (χ2v) is 4.69. The number of hydrogen-bond acceptors (Lipinski definition) is 9. The van der Waals surface area contributed by atoms with Gasteiger partial charge in [0.15, 0.2) is 12.4 Å². The second kappa shape index (κ2) is 8.50. The number of aldehydes is 1. The van der Waals surface area contributed by atoms with Gasteiger partial charge in [-0.2, -0.15) is 0 Å². The summed E-state index contributed by atoms with van der Waals surface area (Å²) < 4.78 is 5.09. The number of aliphatic hydroxyl groups is 5. The number of hydrogen-bond donors (Lipinski definition) is 5. The van der Waals surface area contributed by atoms with E-state index in [9.17, 15) is 35.3 Å². The Bertz CT molecular complexity index is 521. The fourth-order valence-electron chi connectivity index (χ4n) is 1.71. The van der Waals surface area contributed by atoms with Crippen LogP contribution in [0.5, 0.6) is 5.75 Å². The molecule has 1 rings (SSSR count). The Balaban J connectivity index is 2.79. The molecule has 0 aliphatic heterocycles. The van der Waals surface area contributed by atoms with E-state index in [1.807, 2.05) is 0 Å². The average molecular weight is 331 g/mol. The molecular formula is C13H17NO9. The summed E-state index contributed by atoms with van der Waals surface area (Å²) in [6, 6.07) is 4.61. The zero-order valence-corrected chi connectivity index (χ0v) is 11.8. The van der Waals surface area contributed by atoms with Crippen LogP contribution in [0.15, 0.2) is 24.3 Å². The Morgan fingerprint density at radius 2 is 1.65 bits per heavy atom. The van der Waals surface area contributed by atoms with Crippen LogP contribution in [0.1, 0.15) is 0 Å². The number of nitro groups is 1. The molecule has 10 nitrogen and oxygen atoms in total. The molecule has 0 saturated heterocycles. The zero-order valence-electron chi connectivity index (χ0n) is 11.8. The smallest absolute Gasteiger partial charge is 0.269 e. The predicted molar refractivity (Wildman–Crippen MR) is 74.7 cm³/mol. The molecule has 0 aliphatic rings. The van der Waals surface area contributed by atoms with Gasteiger partial charge in [0.25, 0.3) is 5.69 Å². The number of nitrogens with zero attached hydrogens (tertiary/aromatic N) is 1. The van der Waals surface area contributed by atoms with Crippen molar-refractivity contribution in [1.29, 1.82) is 0 Å². The van der Waals surface area contributed by atoms with E-state index in [0.717, 1.165) is 12.1 Å². The van der Waals surface area contributed by atoms with Gasteiger partial charge in [0.05, 0.1) is 11.5 Å². The molecule has 5 atom stereocenters. The van der Waals surface area contributed by atoms with Crippen molar-refractivity contribution in [2.75, 3.05) is 6.61 Å². The molecule has 0 aromatic heterocycles. The number of carbonyl (C=O) groups excluding carboxylic acids is 1. The van der Waals surface area contributed by atoms with E-state index in [1.165, 1.54) is 12.1 Å². The van der Waals surface area contributed by atoms with Crippen LogP contribution < -0.4 is 4.74 Å². The first kappa shape index (κ1) is 18.9. The fourth-order valence-corrected chi connectivity index (χ4v) is 1.71. The highest BCUT2D eigenvalue weighted by molar-refractivity contribution is 5.58. The lowest BCUT2D eigenvalue weighted by molar-refractivity contribution is -0.384. The number of aliphatic hydroxyl groups excluding tert-OH is 5. The highest BCUT2D eigenvalue weighted by Gasteiger charge is 2.35. The molecule has 0 aliphatic carbocycles. The SMILES string of the molecule is O=CC(Oc1ccc([N+](=O)[O-])cc1)C(O)C(O)C(O)C(O)CO. The third-order valence-corrected chi connectivity index (χ3v) is 3.07. The molecule has 0 radical (unpaired) electrons. The molecule has 5 N–H and O–H groups in total. The minimum Gasteiger partial charge on any atom is -0.480 e. The highest BCUT2D eigenvalue weighted by atomic mass is 16.6. The predicted octanol–water partition coefficient (Wildman–Crippen LogP) is -2.02. The van der Waals surface area contributed by atoms with Gasteiger partial charge in [-0.05, 0) is 12.1 Å². The fraction of sp³-hybridized carbons (Fsp3) is 0.462. The number of nitro benzene ring substituents is 1. The second-order valence-electron chi connectivity index (χ2n) is 4.69. The van der Waals surface area contributed by atoms with Crippen LogP contribution in [-0.2, 0) is 4.79 Å². The van der Waals surface area contributed by atoms with Gasteiger partial charge in [-0.25, -0.2) is 0 Å².